The molecule has 1 saturated heterocycles. The Labute approximate surface area is 111 Å². The van der Waals surface area contributed by atoms with Crippen LogP contribution in [0.2, 0.25) is 5.02 Å². The van der Waals surface area contributed by atoms with E-state index in [9.17, 15) is 0 Å². The van der Waals surface area contributed by atoms with Crippen molar-refractivity contribution in [2.75, 3.05) is 18.0 Å². The summed E-state index contributed by atoms with van der Waals surface area (Å²) in [6, 6.07) is 1.98. The minimum absolute atomic E-state index is 0.456. The van der Waals surface area contributed by atoms with Crippen molar-refractivity contribution in [3.63, 3.8) is 0 Å². The molecular weight excluding hydrogens is 248 g/mol. The number of hydrogen-bond donors (Lipinski definition) is 1. The second-order valence-electron chi connectivity index (χ2n) is 4.59. The number of imidazole rings is 1. The molecule has 4 nitrogen and oxygen atoms in total. The lowest BCUT2D eigenvalue weighted by molar-refractivity contribution is 0.494. The molecule has 3 rings (SSSR count). The minimum Gasteiger partial charge on any atom is -0.370 e. The molecule has 0 spiro atoms. The zero-order valence-corrected chi connectivity index (χ0v) is 10.8. The molecule has 1 atom stereocenters. The lowest BCUT2D eigenvalue weighted by Crippen LogP contribution is -2.34. The van der Waals surface area contributed by atoms with Gasteiger partial charge in [-0.25, -0.2) is 4.98 Å². The van der Waals surface area contributed by atoms with Crippen molar-refractivity contribution in [3.05, 3.63) is 41.7 Å². The molecule has 0 amide bonds. The van der Waals surface area contributed by atoms with E-state index in [4.69, 9.17) is 11.6 Å². The molecular formula is C13H15ClN4. The van der Waals surface area contributed by atoms with Crippen molar-refractivity contribution in [1.29, 1.82) is 0 Å². The lowest BCUT2D eigenvalue weighted by Gasteiger charge is -2.33. The average Bonchev–Trinajstić information content (AvgIpc) is 2.93. The van der Waals surface area contributed by atoms with Crippen molar-refractivity contribution >= 4 is 17.3 Å². The van der Waals surface area contributed by atoms with Crippen LogP contribution in [0.1, 0.15) is 24.6 Å². The van der Waals surface area contributed by atoms with Crippen LogP contribution in [-0.2, 0) is 0 Å². The summed E-state index contributed by atoms with van der Waals surface area (Å²) in [4.78, 5) is 13.9. The molecule has 18 heavy (non-hydrogen) atoms. The van der Waals surface area contributed by atoms with E-state index < -0.39 is 0 Å². The first-order valence-electron chi connectivity index (χ1n) is 6.18. The van der Waals surface area contributed by atoms with Crippen LogP contribution in [0.15, 0.2) is 30.9 Å². The fourth-order valence-electron chi connectivity index (χ4n) is 2.54. The lowest BCUT2D eigenvalue weighted by atomic mass is 9.97. The Hall–Kier alpha value is -1.55. The van der Waals surface area contributed by atoms with E-state index in [1.807, 2.05) is 18.5 Å². The number of nitrogens with one attached hydrogen (secondary N) is 1. The van der Waals surface area contributed by atoms with E-state index >= 15 is 0 Å². The summed E-state index contributed by atoms with van der Waals surface area (Å²) in [5, 5.41) is 0.720. The van der Waals surface area contributed by atoms with Crippen LogP contribution in [0.5, 0.6) is 0 Å². The molecule has 0 radical (unpaired) electrons. The summed E-state index contributed by atoms with van der Waals surface area (Å²) in [6.07, 6.45) is 9.52. The van der Waals surface area contributed by atoms with Gasteiger partial charge in [0.05, 0.1) is 10.7 Å². The Morgan fingerprint density at radius 2 is 2.33 bits per heavy atom. The maximum atomic E-state index is 6.20. The average molecular weight is 263 g/mol. The maximum Gasteiger partial charge on any atom is 0.110 e. The number of halogens is 1. The number of nitrogens with zero attached hydrogens (tertiary/aromatic N) is 3. The van der Waals surface area contributed by atoms with Crippen LogP contribution in [0.4, 0.5) is 5.69 Å². The molecule has 2 aromatic heterocycles. The summed E-state index contributed by atoms with van der Waals surface area (Å²) < 4.78 is 0. The smallest absolute Gasteiger partial charge is 0.110 e. The first-order valence-corrected chi connectivity index (χ1v) is 6.56. The number of hydrogen-bond acceptors (Lipinski definition) is 3. The molecule has 0 saturated carbocycles. The van der Waals surface area contributed by atoms with Crippen LogP contribution >= 0.6 is 11.6 Å². The van der Waals surface area contributed by atoms with Gasteiger partial charge in [0.1, 0.15) is 5.82 Å². The maximum absolute atomic E-state index is 6.20. The molecule has 0 aliphatic carbocycles. The highest BCUT2D eigenvalue weighted by atomic mass is 35.5. The third-order valence-electron chi connectivity index (χ3n) is 3.42. The Morgan fingerprint density at radius 3 is 3.11 bits per heavy atom. The summed E-state index contributed by atoms with van der Waals surface area (Å²) in [7, 11) is 0. The van der Waals surface area contributed by atoms with Gasteiger partial charge in [-0.1, -0.05) is 11.6 Å². The summed E-state index contributed by atoms with van der Waals surface area (Å²) >= 11 is 6.20. The van der Waals surface area contributed by atoms with Gasteiger partial charge in [0.2, 0.25) is 0 Å². The van der Waals surface area contributed by atoms with E-state index in [1.165, 1.54) is 6.42 Å². The molecule has 1 unspecified atom stereocenters. The van der Waals surface area contributed by atoms with Crippen molar-refractivity contribution in [2.45, 2.75) is 18.8 Å². The highest BCUT2D eigenvalue weighted by Crippen LogP contribution is 2.31. The molecule has 5 heteroatoms. The van der Waals surface area contributed by atoms with Gasteiger partial charge in [-0.3, -0.25) is 4.98 Å². The fourth-order valence-corrected chi connectivity index (χ4v) is 2.78. The van der Waals surface area contributed by atoms with Gasteiger partial charge in [-0.05, 0) is 18.9 Å². The van der Waals surface area contributed by atoms with E-state index in [1.54, 1.807) is 12.4 Å². The number of H-pyrrole nitrogens is 1. The number of aromatic nitrogens is 3. The second kappa shape index (κ2) is 4.98. The third kappa shape index (κ3) is 2.20. The van der Waals surface area contributed by atoms with Crippen molar-refractivity contribution in [3.8, 4) is 0 Å². The largest absolute Gasteiger partial charge is 0.370 e. The molecule has 0 bridgehead atoms. The molecule has 1 fully saturated rings. The zero-order valence-electron chi connectivity index (χ0n) is 10.0. The summed E-state index contributed by atoms with van der Waals surface area (Å²) in [6.45, 7) is 2.00. The van der Waals surface area contributed by atoms with Crippen LogP contribution in [0.25, 0.3) is 0 Å². The molecule has 3 heterocycles. The van der Waals surface area contributed by atoms with Gasteiger partial charge in [0.15, 0.2) is 0 Å². The van der Waals surface area contributed by atoms with Gasteiger partial charge >= 0.3 is 0 Å². The minimum atomic E-state index is 0.456. The van der Waals surface area contributed by atoms with E-state index in [-0.39, 0.29) is 0 Å². The Balaban J connectivity index is 1.81. The predicted molar refractivity (Wildman–Crippen MR) is 72.0 cm³/mol. The van der Waals surface area contributed by atoms with Gasteiger partial charge in [-0.15, -0.1) is 0 Å². The van der Waals surface area contributed by atoms with Crippen LogP contribution in [-0.4, -0.2) is 28.0 Å². The quantitative estimate of drug-likeness (QED) is 0.905. The number of aromatic amines is 1. The molecule has 1 N–H and O–H groups in total. The predicted octanol–water partition coefficient (Wildman–Crippen LogP) is 2.84. The van der Waals surface area contributed by atoms with Gasteiger partial charge in [0.25, 0.3) is 0 Å². The molecule has 2 aromatic rings. The molecule has 1 aliphatic heterocycles. The van der Waals surface area contributed by atoms with Crippen molar-refractivity contribution < 1.29 is 0 Å². The van der Waals surface area contributed by atoms with Gasteiger partial charge < -0.3 is 9.88 Å². The topological polar surface area (TPSA) is 44.8 Å². The highest BCUT2D eigenvalue weighted by Gasteiger charge is 2.24. The van der Waals surface area contributed by atoms with Gasteiger partial charge in [0, 0.05) is 43.8 Å². The standard InChI is InChI=1S/C13H15ClN4/c14-11-8-15-4-3-12(11)18-7-1-2-10(9-18)13-16-5-6-17-13/h3-6,8,10H,1-2,7,9H2,(H,16,17). The van der Waals surface area contributed by atoms with Gasteiger partial charge in [-0.2, -0.15) is 0 Å². The normalized spacial score (nSPS) is 20.1. The first kappa shape index (κ1) is 11.5. The van der Waals surface area contributed by atoms with Crippen LogP contribution < -0.4 is 4.90 Å². The van der Waals surface area contributed by atoms with E-state index in [0.717, 1.165) is 36.0 Å². The SMILES string of the molecule is Clc1cnccc1N1CCCC(c2ncc[nH]2)C1. The Kier molecular flexibility index (Phi) is 3.19. The van der Waals surface area contributed by atoms with Crippen LogP contribution in [0, 0.1) is 0 Å². The second-order valence-corrected chi connectivity index (χ2v) is 4.99. The third-order valence-corrected chi connectivity index (χ3v) is 3.71. The zero-order chi connectivity index (χ0) is 12.4. The number of piperidine rings is 1. The fraction of sp³-hybridized carbons (Fsp3) is 0.385. The van der Waals surface area contributed by atoms with Crippen molar-refractivity contribution in [2.24, 2.45) is 0 Å². The molecule has 0 aromatic carbocycles. The summed E-state index contributed by atoms with van der Waals surface area (Å²) in [5.41, 5.74) is 1.07. The number of pyridine rings is 1. The number of rotatable bonds is 2. The highest BCUT2D eigenvalue weighted by molar-refractivity contribution is 6.33. The van der Waals surface area contributed by atoms with E-state index in [0.29, 0.717) is 5.92 Å². The number of anilines is 1. The molecule has 94 valence electrons. The first-order chi connectivity index (χ1) is 8.84. The molecule has 1 aliphatic rings. The summed E-state index contributed by atoms with van der Waals surface area (Å²) in [5.74, 6) is 1.53. The Bertz CT molecular complexity index is 511. The Morgan fingerprint density at radius 1 is 1.39 bits per heavy atom. The van der Waals surface area contributed by atoms with Crippen LogP contribution in [0.3, 0.4) is 0 Å². The monoisotopic (exact) mass is 262 g/mol. The van der Waals surface area contributed by atoms with Crippen molar-refractivity contribution in [1.82, 2.24) is 15.0 Å². The van der Waals surface area contributed by atoms with E-state index in [2.05, 4.69) is 19.9 Å².